The lowest BCUT2D eigenvalue weighted by molar-refractivity contribution is -0.138. The van der Waals surface area contributed by atoms with Gasteiger partial charge in [0.25, 0.3) is 0 Å². The van der Waals surface area contributed by atoms with E-state index in [1.54, 1.807) is 0 Å². The fourth-order valence-corrected chi connectivity index (χ4v) is 3.74. The number of hydrogen-bond acceptors (Lipinski definition) is 3. The summed E-state index contributed by atoms with van der Waals surface area (Å²) in [6, 6.07) is 0. The zero-order chi connectivity index (χ0) is 24.1. The van der Waals surface area contributed by atoms with Gasteiger partial charge < -0.3 is 15.3 Å². The molecular weight excluding hydrogens is 404 g/mol. The molecule has 0 bridgehead atoms. The van der Waals surface area contributed by atoms with E-state index in [0.717, 1.165) is 25.7 Å². The zero-order valence-corrected chi connectivity index (χ0v) is 21.1. The lowest BCUT2D eigenvalue weighted by atomic mass is 10.0. The van der Waals surface area contributed by atoms with Gasteiger partial charge in [0.15, 0.2) is 0 Å². The first-order valence-electron chi connectivity index (χ1n) is 13.6. The number of aliphatic hydroxyl groups excluding tert-OH is 1. The molecule has 0 aromatic carbocycles. The Morgan fingerprint density at radius 3 is 0.938 bits per heavy atom. The van der Waals surface area contributed by atoms with E-state index in [2.05, 4.69) is 6.92 Å². The fourth-order valence-electron chi connectivity index (χ4n) is 3.74. The minimum absolute atomic E-state index is 0.221. The van der Waals surface area contributed by atoms with Crippen LogP contribution < -0.4 is 0 Å². The summed E-state index contributed by atoms with van der Waals surface area (Å²) in [5.41, 5.74) is 0. The largest absolute Gasteiger partial charge is 0.481 e. The Hall–Kier alpha value is -1.10. The molecule has 0 aromatic rings. The Morgan fingerprint density at radius 2 is 0.688 bits per heavy atom. The zero-order valence-electron chi connectivity index (χ0n) is 21.1. The van der Waals surface area contributed by atoms with Crippen molar-refractivity contribution in [3.63, 3.8) is 0 Å². The molecule has 0 aliphatic rings. The highest BCUT2D eigenvalue weighted by Crippen LogP contribution is 2.13. The van der Waals surface area contributed by atoms with E-state index in [4.69, 9.17) is 15.3 Å². The van der Waals surface area contributed by atoms with Crippen molar-refractivity contribution in [2.24, 2.45) is 0 Å². The Balaban J connectivity index is 0. The number of carbonyl (C=O) groups is 2. The summed E-state index contributed by atoms with van der Waals surface area (Å²) in [7, 11) is 0. The summed E-state index contributed by atoms with van der Waals surface area (Å²) in [6.45, 7) is 2.66. The van der Waals surface area contributed by atoms with E-state index >= 15 is 0 Å². The molecule has 0 heterocycles. The topological polar surface area (TPSA) is 94.8 Å². The number of carboxylic acid groups (broad SMARTS) is 2. The summed E-state index contributed by atoms with van der Waals surface area (Å²) >= 11 is 0. The summed E-state index contributed by atoms with van der Waals surface area (Å²) < 4.78 is 0. The summed E-state index contributed by atoms with van der Waals surface area (Å²) in [5, 5.41) is 25.3. The first kappa shape index (κ1) is 33.1. The molecule has 0 amide bonds. The van der Waals surface area contributed by atoms with E-state index in [0.29, 0.717) is 19.4 Å². The first-order chi connectivity index (χ1) is 15.5. The highest BCUT2D eigenvalue weighted by Gasteiger charge is 1.98. The molecule has 192 valence electrons. The van der Waals surface area contributed by atoms with Crippen LogP contribution in [0, 0.1) is 0 Å². The maximum absolute atomic E-state index is 10.1. The lowest BCUT2D eigenvalue weighted by Gasteiger charge is -2.03. The van der Waals surface area contributed by atoms with E-state index in [1.807, 2.05) is 0 Å². The van der Waals surface area contributed by atoms with Crippen LogP contribution >= 0.6 is 0 Å². The fraction of sp³-hybridized carbons (Fsp3) is 0.926. The Morgan fingerprint density at radius 1 is 0.438 bits per heavy atom. The smallest absolute Gasteiger partial charge is 0.303 e. The molecule has 0 spiro atoms. The number of rotatable bonds is 24. The van der Waals surface area contributed by atoms with Crippen LogP contribution in [0.4, 0.5) is 0 Å². The van der Waals surface area contributed by atoms with Gasteiger partial charge in [0.2, 0.25) is 0 Å². The van der Waals surface area contributed by atoms with Crippen LogP contribution in [-0.2, 0) is 9.59 Å². The molecule has 0 fully saturated rings. The van der Waals surface area contributed by atoms with Gasteiger partial charge in [-0.3, -0.25) is 9.59 Å². The Bertz CT molecular complexity index is 350. The molecule has 32 heavy (non-hydrogen) atoms. The van der Waals surface area contributed by atoms with Gasteiger partial charge in [0, 0.05) is 19.4 Å². The summed E-state index contributed by atoms with van der Waals surface area (Å²) in [6.07, 6.45) is 26.7. The van der Waals surface area contributed by atoms with Crippen LogP contribution in [0.15, 0.2) is 0 Å². The maximum atomic E-state index is 10.1. The second-order valence-electron chi connectivity index (χ2n) is 9.08. The third-order valence-electron chi connectivity index (χ3n) is 5.79. The second-order valence-corrected chi connectivity index (χ2v) is 9.08. The molecule has 0 rings (SSSR count). The van der Waals surface area contributed by atoms with Crippen molar-refractivity contribution in [2.75, 3.05) is 6.61 Å². The van der Waals surface area contributed by atoms with Gasteiger partial charge in [0.05, 0.1) is 0 Å². The molecule has 5 nitrogen and oxygen atoms in total. The molecule has 0 aliphatic heterocycles. The molecule has 0 atom stereocenters. The number of carboxylic acids is 2. The van der Waals surface area contributed by atoms with Crippen LogP contribution in [0.2, 0.25) is 0 Å². The van der Waals surface area contributed by atoms with E-state index in [9.17, 15) is 9.59 Å². The van der Waals surface area contributed by atoms with Crippen molar-refractivity contribution >= 4 is 11.9 Å². The molecule has 0 saturated heterocycles. The molecule has 0 unspecified atom stereocenters. The van der Waals surface area contributed by atoms with Crippen molar-refractivity contribution < 1.29 is 24.9 Å². The average Bonchev–Trinajstić information content (AvgIpc) is 2.76. The Kier molecular flexibility index (Phi) is 30.9. The number of aliphatic carboxylic acids is 2. The van der Waals surface area contributed by atoms with Crippen molar-refractivity contribution in [1.29, 1.82) is 0 Å². The van der Waals surface area contributed by atoms with Crippen molar-refractivity contribution in [3.8, 4) is 0 Å². The summed E-state index contributed by atoms with van der Waals surface area (Å²) in [5.74, 6) is -1.52. The standard InChI is InChI=1S/C18H38O.C9H16O4/c1-2-3-4-5-6-7-8-9-10-11-12-13-14-15-16-17-18-19;10-8(11)6-4-2-1-3-5-7-9(12)13/h19H,2-18H2,1H3;1-7H2,(H,10,11)(H,12,13). The number of unbranched alkanes of at least 4 members (excludes halogenated alkanes) is 19. The normalized spacial score (nSPS) is 10.6. The molecule has 0 aliphatic carbocycles. The van der Waals surface area contributed by atoms with Crippen LogP contribution in [0.3, 0.4) is 0 Å². The van der Waals surface area contributed by atoms with Crippen LogP contribution in [0.25, 0.3) is 0 Å². The molecule has 0 radical (unpaired) electrons. The Labute approximate surface area is 198 Å². The number of aliphatic hydroxyl groups is 1. The minimum Gasteiger partial charge on any atom is -0.481 e. The van der Waals surface area contributed by atoms with Gasteiger partial charge in [-0.1, -0.05) is 122 Å². The molecule has 3 N–H and O–H groups in total. The van der Waals surface area contributed by atoms with Crippen LogP contribution in [-0.4, -0.2) is 33.9 Å². The monoisotopic (exact) mass is 458 g/mol. The molecular formula is C27H54O5. The minimum atomic E-state index is -0.759. The highest BCUT2D eigenvalue weighted by molar-refractivity contribution is 5.66. The van der Waals surface area contributed by atoms with Gasteiger partial charge in [-0.05, 0) is 19.3 Å². The van der Waals surface area contributed by atoms with Gasteiger partial charge in [0.1, 0.15) is 0 Å². The van der Waals surface area contributed by atoms with Crippen molar-refractivity contribution in [3.05, 3.63) is 0 Å². The number of hydrogen-bond donors (Lipinski definition) is 3. The molecule has 5 heteroatoms. The quantitative estimate of drug-likeness (QED) is 0.127. The predicted molar refractivity (Wildman–Crippen MR) is 134 cm³/mol. The molecule has 0 saturated carbocycles. The van der Waals surface area contributed by atoms with E-state index in [-0.39, 0.29) is 12.8 Å². The summed E-state index contributed by atoms with van der Waals surface area (Å²) in [4.78, 5) is 20.2. The highest BCUT2D eigenvalue weighted by atomic mass is 16.4. The van der Waals surface area contributed by atoms with Crippen LogP contribution in [0.1, 0.15) is 155 Å². The van der Waals surface area contributed by atoms with Gasteiger partial charge in [-0.15, -0.1) is 0 Å². The maximum Gasteiger partial charge on any atom is 0.303 e. The lowest BCUT2D eigenvalue weighted by Crippen LogP contribution is -1.95. The third-order valence-corrected chi connectivity index (χ3v) is 5.79. The predicted octanol–water partition coefficient (Wildman–Crippen LogP) is 8.13. The second kappa shape index (κ2) is 29.9. The van der Waals surface area contributed by atoms with E-state index in [1.165, 1.54) is 96.3 Å². The van der Waals surface area contributed by atoms with Gasteiger partial charge >= 0.3 is 11.9 Å². The average molecular weight is 459 g/mol. The molecule has 0 aromatic heterocycles. The van der Waals surface area contributed by atoms with Crippen molar-refractivity contribution in [1.82, 2.24) is 0 Å². The van der Waals surface area contributed by atoms with Gasteiger partial charge in [-0.25, -0.2) is 0 Å². The van der Waals surface area contributed by atoms with Crippen LogP contribution in [0.5, 0.6) is 0 Å². The first-order valence-corrected chi connectivity index (χ1v) is 13.6. The van der Waals surface area contributed by atoms with E-state index < -0.39 is 11.9 Å². The van der Waals surface area contributed by atoms with Crippen molar-refractivity contribution in [2.45, 2.75) is 155 Å². The van der Waals surface area contributed by atoms with Gasteiger partial charge in [-0.2, -0.15) is 0 Å². The SMILES string of the molecule is CCCCCCCCCCCCCCCCCCO.O=C(O)CCCCCCCC(=O)O. The third kappa shape index (κ3) is 36.3.